The van der Waals surface area contributed by atoms with Gasteiger partial charge in [-0.2, -0.15) is 0 Å². The number of anilines is 1. The lowest BCUT2D eigenvalue weighted by Crippen LogP contribution is -2.37. The van der Waals surface area contributed by atoms with Crippen molar-refractivity contribution in [2.24, 2.45) is 0 Å². The fraction of sp³-hybridized carbons (Fsp3) is 0.333. The van der Waals surface area contributed by atoms with E-state index in [1.54, 1.807) is 16.7 Å². The Morgan fingerprint density at radius 1 is 1.14 bits per heavy atom. The second kappa shape index (κ2) is 10.8. The molecule has 0 saturated carbocycles. The van der Waals surface area contributed by atoms with E-state index in [2.05, 4.69) is 4.90 Å². The van der Waals surface area contributed by atoms with Gasteiger partial charge in [-0.3, -0.25) is 9.69 Å². The third-order valence-electron chi connectivity index (χ3n) is 4.25. The van der Waals surface area contributed by atoms with Crippen LogP contribution in [0.1, 0.15) is 17.3 Å². The van der Waals surface area contributed by atoms with Crippen LogP contribution in [0.5, 0.6) is 5.75 Å². The first-order chi connectivity index (χ1) is 13.5. The van der Waals surface area contributed by atoms with E-state index in [0.29, 0.717) is 23.8 Å². The first-order valence-corrected chi connectivity index (χ1v) is 11.2. The molecule has 0 aliphatic rings. The summed E-state index contributed by atoms with van der Waals surface area (Å²) >= 11 is 3.10. The lowest BCUT2D eigenvalue weighted by Gasteiger charge is -2.22. The van der Waals surface area contributed by atoms with Gasteiger partial charge < -0.3 is 9.64 Å². The van der Waals surface area contributed by atoms with Crippen molar-refractivity contribution < 1.29 is 9.53 Å². The Kier molecular flexibility index (Phi) is 8.77. The number of ether oxygens (including phenoxy) is 1. The Morgan fingerprint density at radius 2 is 1.90 bits per heavy atom. The summed E-state index contributed by atoms with van der Waals surface area (Å²) in [5.41, 5.74) is 1.52. The number of carbonyl (C=O) groups excluding carboxylic acids is 1. The summed E-state index contributed by atoms with van der Waals surface area (Å²) < 4.78 is 6.74. The number of halogens is 1. The Balaban J connectivity index is 0.00000300. The van der Waals surface area contributed by atoms with Gasteiger partial charge in [-0.25, -0.2) is 4.98 Å². The predicted molar refractivity (Wildman–Crippen MR) is 126 cm³/mol. The van der Waals surface area contributed by atoms with Crippen molar-refractivity contribution in [3.63, 3.8) is 0 Å². The summed E-state index contributed by atoms with van der Waals surface area (Å²) in [6.45, 7) is 3.86. The van der Waals surface area contributed by atoms with Gasteiger partial charge in [0, 0.05) is 18.0 Å². The molecule has 3 aromatic rings. The van der Waals surface area contributed by atoms with Gasteiger partial charge in [-0.05, 0) is 51.5 Å². The summed E-state index contributed by atoms with van der Waals surface area (Å²) in [5, 5.41) is 0.699. The molecule has 1 amide bonds. The Hall–Kier alpha value is -1.80. The highest BCUT2D eigenvalue weighted by atomic mass is 35.5. The number of carbonyl (C=O) groups is 1. The fourth-order valence-corrected chi connectivity index (χ4v) is 4.45. The monoisotopic (exact) mass is 451 g/mol. The molecule has 1 aromatic heterocycles. The van der Waals surface area contributed by atoms with Crippen molar-refractivity contribution >= 4 is 56.8 Å². The lowest BCUT2D eigenvalue weighted by atomic mass is 10.2. The molecule has 1 heterocycles. The summed E-state index contributed by atoms with van der Waals surface area (Å²) in [6.07, 6.45) is 1.99. The van der Waals surface area contributed by atoms with Crippen LogP contribution in [0.25, 0.3) is 10.2 Å². The first kappa shape index (κ1) is 23.5. The van der Waals surface area contributed by atoms with Gasteiger partial charge in [0.2, 0.25) is 0 Å². The summed E-state index contributed by atoms with van der Waals surface area (Å²) in [6, 6.07) is 13.6. The molecule has 0 fully saturated rings. The number of aromatic nitrogens is 1. The third kappa shape index (κ3) is 5.42. The summed E-state index contributed by atoms with van der Waals surface area (Å²) in [4.78, 5) is 23.1. The standard InChI is InChI=1S/C21H25N3O2S2.ClH/c1-5-26-16-10-8-12-18-19(16)22-21(28-18)24(14-13-23(2)3)20(25)15-9-6-7-11-17(15)27-4;/h6-12H,5,13-14H2,1-4H3;1H. The Bertz CT molecular complexity index is 962. The van der Waals surface area contributed by atoms with Gasteiger partial charge in [0.25, 0.3) is 5.91 Å². The van der Waals surface area contributed by atoms with Gasteiger partial charge in [0.05, 0.1) is 16.9 Å². The molecule has 2 aromatic carbocycles. The highest BCUT2D eigenvalue weighted by Crippen LogP contribution is 2.35. The Morgan fingerprint density at radius 3 is 2.59 bits per heavy atom. The number of benzene rings is 2. The molecule has 29 heavy (non-hydrogen) atoms. The number of hydrogen-bond donors (Lipinski definition) is 0. The minimum atomic E-state index is -0.0242. The first-order valence-electron chi connectivity index (χ1n) is 9.17. The van der Waals surface area contributed by atoms with Crippen molar-refractivity contribution in [3.8, 4) is 5.75 Å². The van der Waals surface area contributed by atoms with E-state index in [1.807, 2.05) is 69.7 Å². The van der Waals surface area contributed by atoms with Gasteiger partial charge in [-0.1, -0.05) is 29.5 Å². The Labute approximate surface area is 186 Å². The maximum absolute atomic E-state index is 13.5. The SMILES string of the molecule is CCOc1cccc2sc(N(CCN(C)C)C(=O)c3ccccc3SC)nc12.Cl. The van der Waals surface area contributed by atoms with Gasteiger partial charge in [0.15, 0.2) is 5.13 Å². The molecule has 0 N–H and O–H groups in total. The smallest absolute Gasteiger partial charge is 0.261 e. The van der Waals surface area contributed by atoms with Crippen molar-refractivity contribution in [2.75, 3.05) is 44.9 Å². The van der Waals surface area contributed by atoms with Gasteiger partial charge >= 0.3 is 0 Å². The van der Waals surface area contributed by atoms with Gasteiger partial charge in [0.1, 0.15) is 11.3 Å². The molecular weight excluding hydrogens is 426 g/mol. The largest absolute Gasteiger partial charge is 0.492 e. The molecule has 0 bridgehead atoms. The van der Waals surface area contributed by atoms with E-state index >= 15 is 0 Å². The van der Waals surface area contributed by atoms with E-state index in [9.17, 15) is 4.79 Å². The number of fused-ring (bicyclic) bond motifs is 1. The number of nitrogens with zero attached hydrogens (tertiary/aromatic N) is 3. The third-order valence-corrected chi connectivity index (χ3v) is 6.09. The van der Waals surface area contributed by atoms with E-state index < -0.39 is 0 Å². The van der Waals surface area contributed by atoms with Crippen molar-refractivity contribution in [1.29, 1.82) is 0 Å². The molecule has 0 atom stereocenters. The van der Waals surface area contributed by atoms with Crippen LogP contribution >= 0.6 is 35.5 Å². The number of rotatable bonds is 8. The summed E-state index contributed by atoms with van der Waals surface area (Å²) in [5.74, 6) is 0.732. The fourth-order valence-electron chi connectivity index (χ4n) is 2.85. The topological polar surface area (TPSA) is 45.7 Å². The number of likely N-dealkylation sites (N-methyl/N-ethyl adjacent to an activating group) is 1. The van der Waals surface area contributed by atoms with Crippen LogP contribution in [0.4, 0.5) is 5.13 Å². The van der Waals surface area contributed by atoms with Crippen LogP contribution in [0.3, 0.4) is 0 Å². The van der Waals surface area contributed by atoms with E-state index in [0.717, 1.165) is 27.4 Å². The lowest BCUT2D eigenvalue weighted by molar-refractivity contribution is 0.0982. The molecular formula is C21H26ClN3O2S2. The quantitative estimate of drug-likeness (QED) is 0.448. The summed E-state index contributed by atoms with van der Waals surface area (Å²) in [7, 11) is 4.01. The molecule has 0 radical (unpaired) electrons. The van der Waals surface area contributed by atoms with Crippen LogP contribution in [-0.4, -0.2) is 55.8 Å². The van der Waals surface area contributed by atoms with E-state index in [4.69, 9.17) is 9.72 Å². The zero-order valence-electron chi connectivity index (χ0n) is 17.0. The second-order valence-corrected chi connectivity index (χ2v) is 8.35. The highest BCUT2D eigenvalue weighted by molar-refractivity contribution is 7.98. The molecule has 0 saturated heterocycles. The normalized spacial score (nSPS) is 10.8. The molecule has 3 rings (SSSR count). The van der Waals surface area contributed by atoms with Crippen LogP contribution in [-0.2, 0) is 0 Å². The number of para-hydroxylation sites is 1. The minimum Gasteiger partial charge on any atom is -0.492 e. The maximum Gasteiger partial charge on any atom is 0.261 e. The number of hydrogen-bond acceptors (Lipinski definition) is 6. The van der Waals surface area contributed by atoms with Crippen LogP contribution in [0.2, 0.25) is 0 Å². The molecule has 0 aliphatic carbocycles. The maximum atomic E-state index is 13.5. The van der Waals surface area contributed by atoms with Crippen molar-refractivity contribution in [3.05, 3.63) is 48.0 Å². The molecule has 0 spiro atoms. The second-order valence-electron chi connectivity index (χ2n) is 6.49. The number of thioether (sulfide) groups is 1. The predicted octanol–water partition coefficient (Wildman–Crippen LogP) is 5.05. The molecule has 156 valence electrons. The average molecular weight is 452 g/mol. The molecule has 0 unspecified atom stereocenters. The number of thiazole rings is 1. The zero-order valence-corrected chi connectivity index (χ0v) is 19.5. The van der Waals surface area contributed by atoms with E-state index in [1.165, 1.54) is 11.3 Å². The van der Waals surface area contributed by atoms with Crippen LogP contribution in [0, 0.1) is 0 Å². The van der Waals surface area contributed by atoms with E-state index in [-0.39, 0.29) is 18.3 Å². The van der Waals surface area contributed by atoms with Crippen LogP contribution < -0.4 is 9.64 Å². The zero-order chi connectivity index (χ0) is 20.1. The molecule has 8 heteroatoms. The van der Waals surface area contributed by atoms with Crippen molar-refractivity contribution in [1.82, 2.24) is 9.88 Å². The highest BCUT2D eigenvalue weighted by Gasteiger charge is 2.24. The number of amides is 1. The van der Waals surface area contributed by atoms with Crippen LogP contribution in [0.15, 0.2) is 47.4 Å². The minimum absolute atomic E-state index is 0. The van der Waals surface area contributed by atoms with Crippen molar-refractivity contribution in [2.45, 2.75) is 11.8 Å². The molecule has 0 aliphatic heterocycles. The average Bonchev–Trinajstić information content (AvgIpc) is 3.13. The van der Waals surface area contributed by atoms with Gasteiger partial charge in [-0.15, -0.1) is 24.2 Å². The molecule has 5 nitrogen and oxygen atoms in total.